The van der Waals surface area contributed by atoms with Crippen molar-refractivity contribution in [3.8, 4) is 5.75 Å². The van der Waals surface area contributed by atoms with Gasteiger partial charge in [-0.25, -0.2) is 0 Å². The van der Waals surface area contributed by atoms with Crippen molar-refractivity contribution in [3.05, 3.63) is 24.3 Å². The van der Waals surface area contributed by atoms with E-state index in [1.807, 2.05) is 16.2 Å². The van der Waals surface area contributed by atoms with Gasteiger partial charge in [-0.05, 0) is 12.1 Å². The first-order valence-corrected chi connectivity index (χ1v) is 25.5. The molecule has 0 fully saturated rings. The average molecular weight is 455 g/mol. The lowest BCUT2D eigenvalue weighted by Crippen LogP contribution is -2.53. The van der Waals surface area contributed by atoms with Crippen molar-refractivity contribution in [2.75, 3.05) is 7.11 Å². The van der Waals surface area contributed by atoms with Crippen LogP contribution in [0.1, 0.15) is 0 Å². The quantitative estimate of drug-likeness (QED) is 0.345. The number of methoxy groups -OCH3 is 1. The molecule has 0 aliphatic carbocycles. The van der Waals surface area contributed by atoms with Gasteiger partial charge in [-0.1, -0.05) is 99.8 Å². The van der Waals surface area contributed by atoms with E-state index in [1.165, 1.54) is 5.30 Å². The highest BCUT2D eigenvalue weighted by Gasteiger charge is 2.38. The molecule has 0 unspecified atom stereocenters. The molecule has 0 saturated carbocycles. The Balaban J connectivity index is 4.50. The lowest BCUT2D eigenvalue weighted by Gasteiger charge is -2.38. The fraction of sp³-hybridized carbons (Fsp3) is 0.619. The molecule has 1 aromatic rings. The van der Waals surface area contributed by atoms with Crippen molar-refractivity contribution >= 4 is 53.8 Å². The summed E-state index contributed by atoms with van der Waals surface area (Å²) in [5.74, 6) is 1.10. The fourth-order valence-corrected chi connectivity index (χ4v) is 38.9. The summed E-state index contributed by atoms with van der Waals surface area (Å²) in [6.45, 7) is 31.0. The minimum absolute atomic E-state index is 0.406. The van der Waals surface area contributed by atoms with Gasteiger partial charge >= 0.3 is 0 Å². The van der Waals surface area contributed by atoms with E-state index in [2.05, 4.69) is 103 Å². The van der Waals surface area contributed by atoms with Gasteiger partial charge in [0.1, 0.15) is 5.75 Å². The Morgan fingerprint density at radius 1 is 0.630 bits per heavy atom. The molecular weight excluding hydrogens is 412 g/mol. The largest absolute Gasteiger partial charge is 0.496 e. The lowest BCUT2D eigenvalue weighted by atomic mass is 10.3. The van der Waals surface area contributed by atoms with Gasteiger partial charge in [-0.3, -0.25) is 0 Å². The van der Waals surface area contributed by atoms with Crippen molar-refractivity contribution < 1.29 is 4.74 Å². The second kappa shape index (κ2) is 8.35. The molecule has 0 aliphatic heterocycles. The number of ether oxygens (including phenoxy) is 1. The Labute approximate surface area is 174 Å². The first-order chi connectivity index (χ1) is 11.9. The van der Waals surface area contributed by atoms with Crippen LogP contribution in [0.3, 0.4) is 0 Å². The Morgan fingerprint density at radius 3 is 1.26 bits per heavy atom. The summed E-state index contributed by atoms with van der Waals surface area (Å²) in [5, 5.41) is 1.50. The van der Waals surface area contributed by atoms with Crippen LogP contribution in [-0.2, 0) is 0 Å². The van der Waals surface area contributed by atoms with Crippen LogP contribution in [-0.4, -0.2) is 48.5 Å². The van der Waals surface area contributed by atoms with Crippen LogP contribution < -0.4 is 10.0 Å². The highest BCUT2D eigenvalue weighted by Crippen LogP contribution is 2.35. The van der Waals surface area contributed by atoms with Crippen LogP contribution in [0.2, 0.25) is 78.6 Å². The van der Waals surface area contributed by atoms with E-state index in [-0.39, 0.29) is 0 Å². The molecule has 27 heavy (non-hydrogen) atoms. The van der Waals surface area contributed by atoms with Gasteiger partial charge in [0, 0.05) is 5.30 Å². The normalized spacial score (nSPS) is 13.4. The van der Waals surface area contributed by atoms with Crippen molar-refractivity contribution in [3.63, 3.8) is 0 Å². The molecule has 1 aromatic carbocycles. The highest BCUT2D eigenvalue weighted by atomic mass is 31.1. The topological polar surface area (TPSA) is 9.23 Å². The highest BCUT2D eigenvalue weighted by molar-refractivity contribution is 7.86. The van der Waals surface area contributed by atoms with Gasteiger partial charge in [0.25, 0.3) is 0 Å². The predicted octanol–water partition coefficient (Wildman–Crippen LogP) is 6.66. The van der Waals surface area contributed by atoms with Gasteiger partial charge in [0.05, 0.1) is 39.4 Å². The summed E-state index contributed by atoms with van der Waals surface area (Å²) >= 11 is 0. The summed E-state index contributed by atoms with van der Waals surface area (Å²) in [5.41, 5.74) is 0. The zero-order valence-corrected chi connectivity index (χ0v) is 25.1. The van der Waals surface area contributed by atoms with Crippen LogP contribution in [0.5, 0.6) is 5.75 Å². The minimum atomic E-state index is -1.45. The van der Waals surface area contributed by atoms with Crippen LogP contribution in [0, 0.1) is 0 Å². The molecule has 1 rings (SSSR count). The second-order valence-corrected chi connectivity index (χ2v) is 36.4. The molecule has 0 spiro atoms. The third kappa shape index (κ3) is 6.20. The monoisotopic (exact) mass is 454 g/mol. The van der Waals surface area contributed by atoms with Crippen molar-refractivity contribution in [1.82, 2.24) is 0 Å². The van der Waals surface area contributed by atoms with Crippen LogP contribution in [0.25, 0.3) is 0 Å². The van der Waals surface area contributed by atoms with E-state index in [1.54, 1.807) is 0 Å². The van der Waals surface area contributed by atoms with Crippen LogP contribution in [0.15, 0.2) is 24.3 Å². The Bertz CT molecular complexity index is 691. The number of benzene rings is 1. The van der Waals surface area contributed by atoms with Gasteiger partial charge in [0.15, 0.2) is 0 Å². The van der Waals surface area contributed by atoms with Gasteiger partial charge < -0.3 is 4.74 Å². The first kappa shape index (κ1) is 25.0. The van der Waals surface area contributed by atoms with Crippen molar-refractivity contribution in [2.45, 2.75) is 78.6 Å². The summed E-state index contributed by atoms with van der Waals surface area (Å²) in [6, 6.07) is 8.92. The van der Waals surface area contributed by atoms with E-state index in [0.29, 0.717) is 0 Å². The fourth-order valence-electron chi connectivity index (χ4n) is 4.76. The summed E-state index contributed by atoms with van der Waals surface area (Å²) in [7, 11) is -4.36. The molecule has 0 heterocycles. The number of hydrogen-bond donors (Lipinski definition) is 0. The third-order valence-corrected chi connectivity index (χ3v) is 31.8. The smallest absolute Gasteiger partial charge is 0.130 e. The van der Waals surface area contributed by atoms with Gasteiger partial charge in [0.2, 0.25) is 0 Å². The predicted molar refractivity (Wildman–Crippen MR) is 143 cm³/mol. The molecule has 154 valence electrons. The second-order valence-electron chi connectivity index (χ2n) is 11.7. The number of rotatable bonds is 6. The molecule has 0 aliphatic rings. The SMILES string of the molecule is COc1ccccc1P(=C([Si](C)(C)C)[Si](C)(C)C)=C([Si](C)(C)C)[Si](C)(C)C. The van der Waals surface area contributed by atoms with Gasteiger partial charge in [-0.15, -0.1) is 7.17 Å². The molecule has 1 nitrogen and oxygen atoms in total. The van der Waals surface area contributed by atoms with E-state index >= 15 is 0 Å². The first-order valence-electron chi connectivity index (χ1n) is 10.1. The molecule has 0 N–H and O–H groups in total. The zero-order chi connectivity index (χ0) is 21.4. The molecule has 0 saturated heterocycles. The van der Waals surface area contributed by atoms with Crippen molar-refractivity contribution in [1.29, 1.82) is 0 Å². The van der Waals surface area contributed by atoms with E-state index < -0.39 is 39.5 Å². The van der Waals surface area contributed by atoms with E-state index in [9.17, 15) is 0 Å². The number of hydrogen-bond acceptors (Lipinski definition) is 1. The molecule has 0 bridgehead atoms. The maximum absolute atomic E-state index is 5.93. The molecule has 0 atom stereocenters. The Kier molecular flexibility index (Phi) is 7.72. The maximum Gasteiger partial charge on any atom is 0.130 e. The van der Waals surface area contributed by atoms with E-state index in [4.69, 9.17) is 4.74 Å². The molecule has 0 aromatic heterocycles. The molecule has 0 radical (unpaired) electrons. The van der Waals surface area contributed by atoms with Crippen LogP contribution >= 0.6 is 7.17 Å². The zero-order valence-electron chi connectivity index (χ0n) is 20.2. The van der Waals surface area contributed by atoms with Gasteiger partial charge in [-0.2, -0.15) is 0 Å². The summed E-state index contributed by atoms with van der Waals surface area (Å²) in [6.07, 6.45) is 0. The maximum atomic E-state index is 5.93. The number of para-hydroxylation sites is 1. The summed E-state index contributed by atoms with van der Waals surface area (Å²) < 4.78 is 9.89. The molecular formula is C21H43OPSi4. The molecule has 0 amide bonds. The standard InChI is InChI=1S/C21H43OPSi4/c1-22-18-16-14-15-17-19(18)23(20(24(2,3)4)25(5,6)7)21(26(8,9)10)27(11,12)13/h14-17H,1-13H3. The Hall–Kier alpha value is -0.0725. The third-order valence-electron chi connectivity index (χ3n) is 4.61. The molecule has 6 heteroatoms. The lowest BCUT2D eigenvalue weighted by molar-refractivity contribution is 0.418. The Morgan fingerprint density at radius 2 is 0.963 bits per heavy atom. The van der Waals surface area contributed by atoms with Crippen LogP contribution in [0.4, 0.5) is 0 Å². The van der Waals surface area contributed by atoms with Crippen molar-refractivity contribution in [2.24, 2.45) is 0 Å². The minimum Gasteiger partial charge on any atom is -0.496 e. The average Bonchev–Trinajstić information content (AvgIpc) is 2.40. The van der Waals surface area contributed by atoms with E-state index in [0.717, 1.165) is 5.75 Å². The summed E-state index contributed by atoms with van der Waals surface area (Å²) in [4.78, 5) is 0.